The summed E-state index contributed by atoms with van der Waals surface area (Å²) in [5, 5.41) is 2.47. The van der Waals surface area contributed by atoms with E-state index in [1.807, 2.05) is 46.9 Å². The number of ether oxygens (including phenoxy) is 1. The van der Waals surface area contributed by atoms with Crippen LogP contribution < -0.4 is 14.5 Å². The third kappa shape index (κ3) is 4.37. The summed E-state index contributed by atoms with van der Waals surface area (Å²) in [6.45, 7) is 4.53. The molecule has 59 heavy (non-hydrogen) atoms. The molecule has 280 valence electrons. The van der Waals surface area contributed by atoms with Crippen LogP contribution in [-0.4, -0.2) is 4.57 Å². The zero-order valence-electron chi connectivity index (χ0n) is 32.3. The molecule has 7 aromatic carbocycles. The van der Waals surface area contributed by atoms with Gasteiger partial charge in [0, 0.05) is 47.3 Å². The third-order valence-corrected chi connectivity index (χ3v) is 14.8. The van der Waals surface area contributed by atoms with E-state index in [-0.39, 0.29) is 0 Å². The predicted octanol–water partition coefficient (Wildman–Crippen LogP) is 15.2. The Morgan fingerprint density at radius 3 is 1.76 bits per heavy atom. The molecular formula is C53H35N3OS2. The molecule has 0 amide bonds. The smallest absolute Gasteiger partial charge is 0.151 e. The molecular weight excluding hydrogens is 759 g/mol. The first-order valence-electron chi connectivity index (χ1n) is 20.1. The Kier molecular flexibility index (Phi) is 6.79. The second kappa shape index (κ2) is 12.1. The standard InChI is InChI=1S/C53H35N3OS2/c1-32-29-40-51(58-32)52-41(30-33(2)59-52)53(40)38-20-7-9-22-43(38)56(34-15-4-3-5-16-34)50-39(53)27-28-46-49(50)37-19-6-8-21-42(37)54(46)35-17-14-18-36(31-35)55-44-23-10-12-25-47(44)57-48-26-13-11-24-45(48)55/h3-31H,1-2H3. The summed E-state index contributed by atoms with van der Waals surface area (Å²) in [5.41, 5.74) is 15.1. The van der Waals surface area contributed by atoms with Gasteiger partial charge in [0.25, 0.3) is 0 Å². The van der Waals surface area contributed by atoms with E-state index in [0.29, 0.717) is 0 Å². The Hall–Kier alpha value is -6.86. The number of thiophene rings is 2. The number of rotatable bonds is 3. The van der Waals surface area contributed by atoms with Gasteiger partial charge in [-0.1, -0.05) is 91.0 Å². The van der Waals surface area contributed by atoms with Crippen molar-refractivity contribution in [2.24, 2.45) is 0 Å². The fourth-order valence-corrected chi connectivity index (χ4v) is 12.7. The van der Waals surface area contributed by atoms with Crippen LogP contribution in [0, 0.1) is 13.8 Å². The van der Waals surface area contributed by atoms with Crippen LogP contribution in [0.2, 0.25) is 0 Å². The van der Waals surface area contributed by atoms with Gasteiger partial charge in [-0.3, -0.25) is 0 Å². The van der Waals surface area contributed by atoms with Crippen molar-refractivity contribution >= 4 is 78.6 Å². The van der Waals surface area contributed by atoms with Gasteiger partial charge in [-0.25, -0.2) is 0 Å². The quantitative estimate of drug-likeness (QED) is 0.178. The van der Waals surface area contributed by atoms with Crippen LogP contribution >= 0.6 is 22.7 Å². The number of para-hydroxylation sites is 7. The molecule has 4 nitrogen and oxygen atoms in total. The fraction of sp³-hybridized carbons (Fsp3) is 0.0566. The van der Waals surface area contributed by atoms with Gasteiger partial charge in [0.2, 0.25) is 0 Å². The fourth-order valence-electron chi connectivity index (χ4n) is 10.4. The number of fused-ring (bicyclic) bond motifs is 15. The van der Waals surface area contributed by atoms with E-state index in [9.17, 15) is 0 Å². The molecule has 0 atom stereocenters. The van der Waals surface area contributed by atoms with Crippen LogP contribution in [0.5, 0.6) is 11.5 Å². The van der Waals surface area contributed by atoms with Crippen LogP contribution in [0.25, 0.3) is 37.2 Å². The normalized spacial score (nSPS) is 14.1. The zero-order chi connectivity index (χ0) is 39.0. The molecule has 0 fully saturated rings. The van der Waals surface area contributed by atoms with Crippen molar-refractivity contribution < 1.29 is 4.74 Å². The maximum atomic E-state index is 6.41. The number of nitrogens with zero attached hydrogens (tertiary/aromatic N) is 3. The number of hydrogen-bond donors (Lipinski definition) is 0. The minimum atomic E-state index is -0.466. The van der Waals surface area contributed by atoms with Crippen molar-refractivity contribution in [3.63, 3.8) is 0 Å². The van der Waals surface area contributed by atoms with Gasteiger partial charge in [0.05, 0.1) is 39.2 Å². The molecule has 0 saturated carbocycles. The van der Waals surface area contributed by atoms with E-state index < -0.39 is 5.41 Å². The van der Waals surface area contributed by atoms with Crippen molar-refractivity contribution in [3.8, 4) is 26.9 Å². The van der Waals surface area contributed by atoms with Crippen LogP contribution in [0.3, 0.4) is 0 Å². The van der Waals surface area contributed by atoms with E-state index in [2.05, 4.69) is 180 Å². The molecule has 0 saturated heterocycles. The largest absolute Gasteiger partial charge is 0.453 e. The molecule has 0 bridgehead atoms. The van der Waals surface area contributed by atoms with Gasteiger partial charge < -0.3 is 19.1 Å². The van der Waals surface area contributed by atoms with Crippen molar-refractivity contribution in [1.29, 1.82) is 0 Å². The topological polar surface area (TPSA) is 20.6 Å². The molecule has 3 aromatic heterocycles. The lowest BCUT2D eigenvalue weighted by Crippen LogP contribution is -2.36. The molecule has 10 aromatic rings. The Morgan fingerprint density at radius 1 is 0.441 bits per heavy atom. The summed E-state index contributed by atoms with van der Waals surface area (Å²) in [7, 11) is 0. The predicted molar refractivity (Wildman–Crippen MR) is 246 cm³/mol. The van der Waals surface area contributed by atoms with Gasteiger partial charge in [-0.15, -0.1) is 22.7 Å². The summed E-state index contributed by atoms with van der Waals surface area (Å²) < 4.78 is 8.88. The highest BCUT2D eigenvalue weighted by molar-refractivity contribution is 7.22. The molecule has 1 aliphatic carbocycles. The average Bonchev–Trinajstić information content (AvgIpc) is 4.01. The lowest BCUT2D eigenvalue weighted by Gasteiger charge is -2.45. The first kappa shape index (κ1) is 33.1. The van der Waals surface area contributed by atoms with Gasteiger partial charge in [-0.05, 0) is 121 Å². The highest BCUT2D eigenvalue weighted by atomic mass is 32.1. The minimum Gasteiger partial charge on any atom is -0.453 e. The lowest BCUT2D eigenvalue weighted by atomic mass is 9.65. The molecule has 0 radical (unpaired) electrons. The molecule has 3 aliphatic rings. The van der Waals surface area contributed by atoms with E-state index >= 15 is 0 Å². The zero-order valence-corrected chi connectivity index (χ0v) is 33.9. The number of aryl methyl sites for hydroxylation is 2. The number of benzene rings is 7. The second-order valence-electron chi connectivity index (χ2n) is 15.7. The van der Waals surface area contributed by atoms with Crippen molar-refractivity contribution in [3.05, 3.63) is 208 Å². The van der Waals surface area contributed by atoms with Gasteiger partial charge in [0.1, 0.15) is 0 Å². The van der Waals surface area contributed by atoms with Gasteiger partial charge >= 0.3 is 0 Å². The number of hydrogen-bond acceptors (Lipinski definition) is 5. The molecule has 5 heterocycles. The summed E-state index contributed by atoms with van der Waals surface area (Å²) in [5.74, 6) is 1.69. The Labute approximate surface area is 350 Å². The van der Waals surface area contributed by atoms with Crippen molar-refractivity contribution in [2.45, 2.75) is 19.3 Å². The molecule has 13 rings (SSSR count). The lowest BCUT2D eigenvalue weighted by molar-refractivity contribution is 0.477. The first-order valence-corrected chi connectivity index (χ1v) is 21.7. The molecule has 0 unspecified atom stereocenters. The van der Waals surface area contributed by atoms with Crippen molar-refractivity contribution in [2.75, 3.05) is 9.80 Å². The van der Waals surface area contributed by atoms with Crippen LogP contribution in [-0.2, 0) is 5.41 Å². The van der Waals surface area contributed by atoms with E-state index in [1.165, 1.54) is 74.9 Å². The maximum Gasteiger partial charge on any atom is 0.151 e. The number of anilines is 6. The van der Waals surface area contributed by atoms with Gasteiger partial charge in [-0.2, -0.15) is 0 Å². The Bertz CT molecular complexity index is 3280. The first-order chi connectivity index (χ1) is 29.1. The molecule has 1 spiro atoms. The summed E-state index contributed by atoms with van der Waals surface area (Å²) in [4.78, 5) is 10.4. The minimum absolute atomic E-state index is 0.466. The van der Waals surface area contributed by atoms with Gasteiger partial charge in [0.15, 0.2) is 11.5 Å². The van der Waals surface area contributed by atoms with Crippen LogP contribution in [0.1, 0.15) is 32.0 Å². The summed E-state index contributed by atoms with van der Waals surface area (Å²) in [6.07, 6.45) is 0. The SMILES string of the molecule is Cc1cc2c(s1)-c1sc(C)cc1C21c2ccccc2N(c2ccccc2)c2c1ccc1c2c2ccccc2n1-c1cccc(N2c3ccccc3Oc3ccccc32)c1. The van der Waals surface area contributed by atoms with E-state index in [4.69, 9.17) is 4.74 Å². The summed E-state index contributed by atoms with van der Waals surface area (Å²) in [6, 6.07) is 64.4. The van der Waals surface area contributed by atoms with E-state index in [1.54, 1.807) is 0 Å². The maximum absolute atomic E-state index is 6.41. The summed E-state index contributed by atoms with van der Waals surface area (Å²) >= 11 is 3.88. The van der Waals surface area contributed by atoms with Crippen LogP contribution in [0.15, 0.2) is 176 Å². The van der Waals surface area contributed by atoms with E-state index in [0.717, 1.165) is 39.9 Å². The highest BCUT2D eigenvalue weighted by Crippen LogP contribution is 2.67. The van der Waals surface area contributed by atoms with Crippen molar-refractivity contribution in [1.82, 2.24) is 4.57 Å². The Morgan fingerprint density at radius 2 is 1.03 bits per heavy atom. The monoisotopic (exact) mass is 793 g/mol. The second-order valence-corrected chi connectivity index (χ2v) is 18.3. The number of aromatic nitrogens is 1. The average molecular weight is 794 g/mol. The Balaban J connectivity index is 1.13. The third-order valence-electron chi connectivity index (χ3n) is 12.5. The molecule has 2 aliphatic heterocycles. The molecule has 0 N–H and O–H groups in total. The van der Waals surface area contributed by atoms with Crippen LogP contribution in [0.4, 0.5) is 34.1 Å². The molecule has 6 heteroatoms. The highest BCUT2D eigenvalue weighted by Gasteiger charge is 2.54.